The Morgan fingerprint density at radius 3 is 2.58 bits per heavy atom. The Morgan fingerprint density at radius 2 is 1.92 bits per heavy atom. The molecular weight excluding hydrogens is 502 g/mol. The highest BCUT2D eigenvalue weighted by Crippen LogP contribution is 2.28. The van der Waals surface area contributed by atoms with Gasteiger partial charge in [0.25, 0.3) is 0 Å². The Labute approximate surface area is 231 Å². The van der Waals surface area contributed by atoms with E-state index >= 15 is 0 Å². The van der Waals surface area contributed by atoms with Gasteiger partial charge in [0, 0.05) is 17.0 Å². The number of carbonyl (C=O) groups is 2. The molecule has 1 fully saturated rings. The van der Waals surface area contributed by atoms with Crippen LogP contribution in [-0.4, -0.2) is 59.2 Å². The first-order valence-electron chi connectivity index (χ1n) is 13.2. The lowest BCUT2D eigenvalue weighted by Crippen LogP contribution is -2.57. The van der Waals surface area contributed by atoms with Crippen LogP contribution in [0.2, 0.25) is 5.02 Å². The first-order chi connectivity index (χ1) is 18.1. The van der Waals surface area contributed by atoms with Crippen LogP contribution >= 0.6 is 11.6 Å². The predicted octanol–water partition coefficient (Wildman–Crippen LogP) is 3.87. The minimum Gasteiger partial charge on any atom is -0.395 e. The highest BCUT2D eigenvalue weighted by molar-refractivity contribution is 6.30. The molecule has 1 unspecified atom stereocenters. The number of nitrogens with two attached hydrogens (primary N) is 1. The maximum absolute atomic E-state index is 13.8. The maximum atomic E-state index is 13.8. The Bertz CT molecular complexity index is 1090. The number of amides is 2. The molecule has 0 bridgehead atoms. The largest absolute Gasteiger partial charge is 0.395 e. The third-order valence-corrected chi connectivity index (χ3v) is 7.20. The third-order valence-electron chi connectivity index (χ3n) is 6.96. The molecule has 0 aromatic heterocycles. The van der Waals surface area contributed by atoms with Crippen LogP contribution in [0, 0.1) is 5.41 Å². The van der Waals surface area contributed by atoms with E-state index < -0.39 is 29.5 Å². The van der Waals surface area contributed by atoms with Crippen LogP contribution in [0.3, 0.4) is 0 Å². The first-order valence-corrected chi connectivity index (χ1v) is 13.6. The topological polar surface area (TPSA) is 105 Å². The molecule has 4 N–H and O–H groups in total. The normalized spacial score (nSPS) is 19.6. The van der Waals surface area contributed by atoms with Gasteiger partial charge in [-0.3, -0.25) is 9.59 Å². The Balaban J connectivity index is 1.74. The summed E-state index contributed by atoms with van der Waals surface area (Å²) in [6.07, 6.45) is 5.69. The SMILES string of the molecule is CC(OCc1ccccc1)[C@H](NC(=O)[C@H](C)N)C(=O)N1CCC[C@H]1C=C[C@](C)(CO)Cc1cccc(Cl)c1. The summed E-state index contributed by atoms with van der Waals surface area (Å²) in [4.78, 5) is 28.1. The van der Waals surface area contributed by atoms with E-state index in [2.05, 4.69) is 5.32 Å². The molecule has 3 rings (SSSR count). The second-order valence-corrected chi connectivity index (χ2v) is 10.9. The highest BCUT2D eigenvalue weighted by Gasteiger charge is 2.37. The maximum Gasteiger partial charge on any atom is 0.248 e. The molecule has 1 aliphatic rings. The summed E-state index contributed by atoms with van der Waals surface area (Å²) in [7, 11) is 0. The molecule has 0 spiro atoms. The van der Waals surface area contributed by atoms with Gasteiger partial charge in [-0.2, -0.15) is 0 Å². The number of aliphatic hydroxyl groups excluding tert-OH is 1. The summed E-state index contributed by atoms with van der Waals surface area (Å²) in [5.74, 6) is -0.605. The summed E-state index contributed by atoms with van der Waals surface area (Å²) >= 11 is 6.15. The summed E-state index contributed by atoms with van der Waals surface area (Å²) < 4.78 is 6.03. The number of carbonyl (C=O) groups excluding carboxylic acids is 2. The number of hydrogen-bond acceptors (Lipinski definition) is 5. The first kappa shape index (κ1) is 29.8. The number of likely N-dealkylation sites (tertiary alicyclic amines) is 1. The van der Waals surface area contributed by atoms with E-state index in [9.17, 15) is 14.7 Å². The van der Waals surface area contributed by atoms with Gasteiger partial charge in [-0.25, -0.2) is 0 Å². The van der Waals surface area contributed by atoms with Crippen molar-refractivity contribution in [2.75, 3.05) is 13.2 Å². The Kier molecular flexibility index (Phi) is 10.9. The molecule has 1 heterocycles. The minimum absolute atomic E-state index is 0.0475. The van der Waals surface area contributed by atoms with Gasteiger partial charge in [0.15, 0.2) is 0 Å². The number of hydrogen-bond donors (Lipinski definition) is 3. The predicted molar refractivity (Wildman–Crippen MR) is 150 cm³/mol. The van der Waals surface area contributed by atoms with Crippen LogP contribution in [0.25, 0.3) is 0 Å². The van der Waals surface area contributed by atoms with Crippen molar-refractivity contribution in [1.29, 1.82) is 0 Å². The molecule has 5 atom stereocenters. The van der Waals surface area contributed by atoms with E-state index in [4.69, 9.17) is 22.1 Å². The van der Waals surface area contributed by atoms with E-state index in [0.717, 1.165) is 24.0 Å². The van der Waals surface area contributed by atoms with Gasteiger partial charge in [-0.15, -0.1) is 0 Å². The van der Waals surface area contributed by atoms with Gasteiger partial charge in [0.05, 0.1) is 31.4 Å². The lowest BCUT2D eigenvalue weighted by Gasteiger charge is -2.32. The van der Waals surface area contributed by atoms with E-state index in [1.165, 1.54) is 0 Å². The molecule has 1 aliphatic heterocycles. The van der Waals surface area contributed by atoms with E-state index in [0.29, 0.717) is 24.6 Å². The number of benzene rings is 2. The Morgan fingerprint density at radius 1 is 1.21 bits per heavy atom. The number of ether oxygens (including phenoxy) is 1. The van der Waals surface area contributed by atoms with Crippen LogP contribution in [-0.2, 0) is 27.4 Å². The lowest BCUT2D eigenvalue weighted by molar-refractivity contribution is -0.141. The van der Waals surface area contributed by atoms with Crippen molar-refractivity contribution >= 4 is 23.4 Å². The molecule has 38 heavy (non-hydrogen) atoms. The van der Waals surface area contributed by atoms with Gasteiger partial charge in [0.2, 0.25) is 11.8 Å². The fourth-order valence-electron chi connectivity index (χ4n) is 4.63. The van der Waals surface area contributed by atoms with Crippen LogP contribution < -0.4 is 11.1 Å². The van der Waals surface area contributed by atoms with Gasteiger partial charge in [-0.05, 0) is 56.4 Å². The van der Waals surface area contributed by atoms with Crippen molar-refractivity contribution < 1.29 is 19.4 Å². The zero-order valence-electron chi connectivity index (χ0n) is 22.5. The van der Waals surface area contributed by atoms with Crippen LogP contribution in [0.4, 0.5) is 0 Å². The van der Waals surface area contributed by atoms with Crippen LogP contribution in [0.15, 0.2) is 66.7 Å². The summed E-state index contributed by atoms with van der Waals surface area (Å²) in [5.41, 5.74) is 7.29. The smallest absolute Gasteiger partial charge is 0.248 e. The monoisotopic (exact) mass is 541 g/mol. The van der Waals surface area contributed by atoms with Gasteiger partial charge in [-0.1, -0.05) is 73.1 Å². The molecule has 1 saturated heterocycles. The highest BCUT2D eigenvalue weighted by atomic mass is 35.5. The van der Waals surface area contributed by atoms with E-state index in [1.807, 2.05) is 73.7 Å². The molecule has 0 radical (unpaired) electrons. The molecule has 206 valence electrons. The Hall–Kier alpha value is -2.71. The molecule has 0 aliphatic carbocycles. The van der Waals surface area contributed by atoms with Crippen molar-refractivity contribution in [3.8, 4) is 0 Å². The average molecular weight is 542 g/mol. The number of nitrogens with one attached hydrogen (secondary N) is 1. The zero-order valence-corrected chi connectivity index (χ0v) is 23.2. The van der Waals surface area contributed by atoms with Crippen molar-refractivity contribution in [2.24, 2.45) is 11.1 Å². The van der Waals surface area contributed by atoms with E-state index in [1.54, 1.807) is 18.7 Å². The number of rotatable bonds is 12. The molecule has 7 nitrogen and oxygen atoms in total. The number of nitrogens with zero attached hydrogens (tertiary/aromatic N) is 1. The summed E-state index contributed by atoms with van der Waals surface area (Å²) in [5, 5.41) is 13.7. The van der Waals surface area contributed by atoms with Crippen molar-refractivity contribution in [1.82, 2.24) is 10.2 Å². The van der Waals surface area contributed by atoms with Gasteiger partial charge >= 0.3 is 0 Å². The molecule has 2 aromatic carbocycles. The lowest BCUT2D eigenvalue weighted by atomic mass is 9.83. The van der Waals surface area contributed by atoms with E-state index in [-0.39, 0.29) is 18.6 Å². The zero-order chi connectivity index (χ0) is 27.7. The van der Waals surface area contributed by atoms with Crippen LogP contribution in [0.5, 0.6) is 0 Å². The molecular formula is C30H40ClN3O4. The van der Waals surface area contributed by atoms with Crippen molar-refractivity contribution in [3.63, 3.8) is 0 Å². The van der Waals surface area contributed by atoms with Crippen molar-refractivity contribution in [3.05, 3.63) is 82.9 Å². The second-order valence-electron chi connectivity index (χ2n) is 10.5. The summed E-state index contributed by atoms with van der Waals surface area (Å²) in [6.45, 7) is 6.21. The number of halogens is 1. The quantitative estimate of drug-likeness (QED) is 0.354. The number of aliphatic hydroxyl groups is 1. The fraction of sp³-hybridized carbons (Fsp3) is 0.467. The summed E-state index contributed by atoms with van der Waals surface area (Å²) in [6, 6.07) is 15.5. The molecule has 0 saturated carbocycles. The second kappa shape index (κ2) is 13.9. The third kappa shape index (κ3) is 8.40. The van der Waals surface area contributed by atoms with Crippen LogP contribution in [0.1, 0.15) is 44.7 Å². The van der Waals surface area contributed by atoms with Gasteiger partial charge in [0.1, 0.15) is 6.04 Å². The molecule has 8 heteroatoms. The van der Waals surface area contributed by atoms with Crippen molar-refractivity contribution in [2.45, 2.75) is 70.9 Å². The minimum atomic E-state index is -0.873. The molecule has 2 amide bonds. The standard InChI is InChI=1S/C30H40ClN3O4/c1-21(32)28(36)33-27(22(2)38-19-23-9-5-4-6-10-23)29(37)34-16-8-13-26(34)14-15-30(3,20-35)18-24-11-7-12-25(31)17-24/h4-7,9-12,14-15,17,21-22,26-27,35H,8,13,16,18-20,32H2,1-3H3,(H,33,36)/t21-,22?,26-,27-,30-/m0/s1. The average Bonchev–Trinajstić information content (AvgIpc) is 3.38. The fourth-order valence-corrected chi connectivity index (χ4v) is 4.84. The van der Waals surface area contributed by atoms with Gasteiger partial charge < -0.3 is 25.8 Å². The molecule has 2 aromatic rings.